The van der Waals surface area contributed by atoms with Gasteiger partial charge in [-0.3, -0.25) is 9.59 Å². The first-order valence-electron chi connectivity index (χ1n) is 12.7. The Hall–Kier alpha value is -4.36. The van der Waals surface area contributed by atoms with Gasteiger partial charge in [0.1, 0.15) is 17.2 Å². The molecule has 38 heavy (non-hydrogen) atoms. The van der Waals surface area contributed by atoms with E-state index in [0.29, 0.717) is 40.9 Å². The standard InChI is InChI=1S/C31H28O6Si/c32-28-21-22(31(33)37-28)11-10-20-38-27-19-18-26(34-23-12-4-1-5-13-23)29(35-24-14-6-2-7-15-24)30(27)36-25-16-8-3-9-17-25/h1-9,12-19,22H,10-11,20-21,38H2. The first-order valence-corrected chi connectivity index (χ1v) is 14.5. The molecule has 1 saturated heterocycles. The van der Waals surface area contributed by atoms with Crippen LogP contribution in [0.15, 0.2) is 103 Å². The zero-order chi connectivity index (χ0) is 26.2. The van der Waals surface area contributed by atoms with Crippen molar-refractivity contribution in [3.8, 4) is 34.5 Å². The molecule has 0 amide bonds. The van der Waals surface area contributed by atoms with Gasteiger partial charge in [-0.05, 0) is 54.1 Å². The summed E-state index contributed by atoms with van der Waals surface area (Å²) in [6, 6.07) is 33.7. The number of rotatable bonds is 11. The van der Waals surface area contributed by atoms with Crippen molar-refractivity contribution in [2.45, 2.75) is 25.3 Å². The van der Waals surface area contributed by atoms with Crippen molar-refractivity contribution in [3.05, 3.63) is 103 Å². The highest BCUT2D eigenvalue weighted by Gasteiger charge is 2.32. The number of benzene rings is 4. The Bertz CT molecular complexity index is 1380. The molecule has 0 aromatic heterocycles. The second-order valence-corrected chi connectivity index (χ2v) is 11.0. The molecule has 0 bridgehead atoms. The summed E-state index contributed by atoms with van der Waals surface area (Å²) in [5.41, 5.74) is 0. The van der Waals surface area contributed by atoms with Gasteiger partial charge in [0.15, 0.2) is 11.5 Å². The largest absolute Gasteiger partial charge is 0.453 e. The van der Waals surface area contributed by atoms with Crippen molar-refractivity contribution in [2.24, 2.45) is 5.92 Å². The molecular weight excluding hydrogens is 496 g/mol. The molecule has 192 valence electrons. The second-order valence-electron chi connectivity index (χ2n) is 9.07. The SMILES string of the molecule is O=C1CC(CCC[SiH2]c2ccc(Oc3ccccc3)c(Oc3ccccc3)c2Oc2ccccc2)C(=O)O1. The van der Waals surface area contributed by atoms with Crippen molar-refractivity contribution in [1.82, 2.24) is 0 Å². The van der Waals surface area contributed by atoms with Gasteiger partial charge >= 0.3 is 11.9 Å². The fourth-order valence-corrected chi connectivity index (χ4v) is 6.01. The number of ether oxygens (including phenoxy) is 4. The molecule has 6 nitrogen and oxygen atoms in total. The Morgan fingerprint density at radius 3 is 1.79 bits per heavy atom. The van der Waals surface area contributed by atoms with E-state index in [1.54, 1.807) is 0 Å². The first kappa shape index (κ1) is 25.3. The minimum Gasteiger partial charge on any atom is -0.453 e. The third-order valence-corrected chi connectivity index (χ3v) is 8.21. The molecule has 0 aliphatic carbocycles. The Balaban J connectivity index is 1.45. The number of carbonyl (C=O) groups is 2. The minimum atomic E-state index is -0.819. The molecule has 4 aromatic rings. The lowest BCUT2D eigenvalue weighted by atomic mass is 10.0. The van der Waals surface area contributed by atoms with Crippen LogP contribution >= 0.6 is 0 Å². The topological polar surface area (TPSA) is 71.1 Å². The maximum absolute atomic E-state index is 11.8. The summed E-state index contributed by atoms with van der Waals surface area (Å²) in [6.45, 7) is 0. The van der Waals surface area contributed by atoms with Gasteiger partial charge < -0.3 is 18.9 Å². The lowest BCUT2D eigenvalue weighted by molar-refractivity contribution is -0.153. The molecule has 0 radical (unpaired) electrons. The molecule has 1 heterocycles. The zero-order valence-corrected chi connectivity index (χ0v) is 22.3. The number of carbonyl (C=O) groups excluding carboxylic acids is 2. The van der Waals surface area contributed by atoms with Crippen LogP contribution in [0.2, 0.25) is 6.04 Å². The fraction of sp³-hybridized carbons (Fsp3) is 0.161. The number of cyclic esters (lactones) is 2. The van der Waals surface area contributed by atoms with Crippen LogP contribution in [-0.2, 0) is 14.3 Å². The first-order chi connectivity index (χ1) is 18.7. The fourth-order valence-electron chi connectivity index (χ4n) is 4.35. The molecule has 0 saturated carbocycles. The monoisotopic (exact) mass is 524 g/mol. The van der Waals surface area contributed by atoms with Crippen molar-refractivity contribution in [2.75, 3.05) is 0 Å². The molecule has 1 aliphatic heterocycles. The molecule has 7 heteroatoms. The number of para-hydroxylation sites is 3. The molecule has 1 atom stereocenters. The molecular formula is C31H28O6Si. The predicted molar refractivity (Wildman–Crippen MR) is 147 cm³/mol. The molecule has 5 rings (SSSR count). The predicted octanol–water partition coefficient (Wildman–Crippen LogP) is 6.15. The Morgan fingerprint density at radius 1 is 0.684 bits per heavy atom. The highest BCUT2D eigenvalue weighted by Crippen LogP contribution is 2.43. The van der Waals surface area contributed by atoms with Gasteiger partial charge in [-0.1, -0.05) is 73.1 Å². The summed E-state index contributed by atoms with van der Waals surface area (Å²) in [5.74, 6) is 2.62. The van der Waals surface area contributed by atoms with E-state index in [2.05, 4.69) is 0 Å². The average Bonchev–Trinajstić information content (AvgIpc) is 3.27. The number of hydrogen-bond acceptors (Lipinski definition) is 6. The normalized spacial score (nSPS) is 15.0. The maximum atomic E-state index is 11.8. The van der Waals surface area contributed by atoms with Crippen LogP contribution in [-0.4, -0.2) is 21.5 Å². The third kappa shape index (κ3) is 6.49. The van der Waals surface area contributed by atoms with Gasteiger partial charge in [-0.2, -0.15) is 0 Å². The van der Waals surface area contributed by atoms with E-state index in [9.17, 15) is 9.59 Å². The molecule has 4 aromatic carbocycles. The number of hydrogen-bond donors (Lipinski definition) is 0. The van der Waals surface area contributed by atoms with Crippen molar-refractivity contribution < 1.29 is 28.5 Å². The number of esters is 2. The third-order valence-electron chi connectivity index (χ3n) is 6.26. The highest BCUT2D eigenvalue weighted by molar-refractivity contribution is 6.54. The summed E-state index contributed by atoms with van der Waals surface area (Å²) in [7, 11) is -0.819. The van der Waals surface area contributed by atoms with Crippen LogP contribution in [0, 0.1) is 5.92 Å². The van der Waals surface area contributed by atoms with Crippen LogP contribution < -0.4 is 19.4 Å². The summed E-state index contributed by atoms with van der Waals surface area (Å²) >= 11 is 0. The highest BCUT2D eigenvalue weighted by atomic mass is 28.2. The lowest BCUT2D eigenvalue weighted by Gasteiger charge is -2.20. The van der Waals surface area contributed by atoms with Crippen molar-refractivity contribution in [1.29, 1.82) is 0 Å². The molecule has 0 N–H and O–H groups in total. The molecule has 1 aliphatic rings. The van der Waals surface area contributed by atoms with Gasteiger partial charge in [-0.15, -0.1) is 0 Å². The van der Waals surface area contributed by atoms with Crippen molar-refractivity contribution in [3.63, 3.8) is 0 Å². The molecule has 1 fully saturated rings. The second kappa shape index (κ2) is 12.3. The van der Waals surface area contributed by atoms with E-state index in [1.165, 1.54) is 0 Å². The average molecular weight is 525 g/mol. The molecule has 1 unspecified atom stereocenters. The van der Waals surface area contributed by atoms with Gasteiger partial charge in [0.05, 0.1) is 21.9 Å². The minimum absolute atomic E-state index is 0.184. The zero-order valence-electron chi connectivity index (χ0n) is 20.9. The summed E-state index contributed by atoms with van der Waals surface area (Å²) in [6.07, 6.45) is 1.67. The van der Waals surface area contributed by atoms with Crippen LogP contribution in [0.3, 0.4) is 0 Å². The van der Waals surface area contributed by atoms with Crippen LogP contribution in [0.25, 0.3) is 0 Å². The Kier molecular flexibility index (Phi) is 8.15. The van der Waals surface area contributed by atoms with E-state index in [-0.39, 0.29) is 12.3 Å². The van der Waals surface area contributed by atoms with Gasteiger partial charge in [0.25, 0.3) is 0 Å². The van der Waals surface area contributed by atoms with E-state index in [4.69, 9.17) is 18.9 Å². The van der Waals surface area contributed by atoms with Crippen LogP contribution in [0.1, 0.15) is 19.3 Å². The van der Waals surface area contributed by atoms with E-state index >= 15 is 0 Å². The van der Waals surface area contributed by atoms with Gasteiger partial charge in [-0.25, -0.2) is 0 Å². The van der Waals surface area contributed by atoms with Gasteiger partial charge in [0, 0.05) is 0 Å². The Labute approximate surface area is 224 Å². The van der Waals surface area contributed by atoms with Crippen molar-refractivity contribution >= 4 is 26.6 Å². The quantitative estimate of drug-likeness (QED) is 0.102. The van der Waals surface area contributed by atoms with E-state index < -0.39 is 21.5 Å². The van der Waals surface area contributed by atoms with E-state index in [0.717, 1.165) is 17.7 Å². The Morgan fingerprint density at radius 2 is 1.24 bits per heavy atom. The summed E-state index contributed by atoms with van der Waals surface area (Å²) in [5, 5.41) is 1.09. The maximum Gasteiger partial charge on any atom is 0.317 e. The summed E-state index contributed by atoms with van der Waals surface area (Å²) in [4.78, 5) is 23.2. The lowest BCUT2D eigenvalue weighted by Crippen LogP contribution is -2.18. The van der Waals surface area contributed by atoms with Crippen LogP contribution in [0.4, 0.5) is 0 Å². The molecule has 0 spiro atoms. The summed E-state index contributed by atoms with van der Waals surface area (Å²) < 4.78 is 23.8. The van der Waals surface area contributed by atoms with E-state index in [1.807, 2.05) is 103 Å². The van der Waals surface area contributed by atoms with Crippen LogP contribution in [0.5, 0.6) is 34.5 Å². The van der Waals surface area contributed by atoms with Gasteiger partial charge in [0.2, 0.25) is 5.75 Å². The smallest absolute Gasteiger partial charge is 0.317 e.